The SMILES string of the molecule is CC(C)(C)c1ccc(N2c3cc(N(c4ccccc4)c4ccccc4)ccc3B3c4ccc(N(c5ccccc5)c5ccccc5)cc4N(c4cccc5c4C(C)(C)CCC5(C)C)c4cc(-c5ccc6c(c5)oc5ccc7sc8ccccc8c7c56)cc2c43)c(-c2ccccc2)c1. The van der Waals surface area contributed by atoms with Gasteiger partial charge in [-0.1, -0.05) is 206 Å². The lowest BCUT2D eigenvalue weighted by atomic mass is 9.33. The van der Waals surface area contributed by atoms with Crippen molar-refractivity contribution in [2.75, 3.05) is 19.6 Å². The normalized spacial score (nSPS) is 14.4. The van der Waals surface area contributed by atoms with E-state index < -0.39 is 0 Å². The number of anilines is 12. The van der Waals surface area contributed by atoms with Crippen LogP contribution in [0.25, 0.3) is 64.4 Å². The first kappa shape index (κ1) is 58.7. The molecule has 0 saturated heterocycles. The number of hydrogen-bond acceptors (Lipinski definition) is 6. The molecule has 3 aliphatic rings. The van der Waals surface area contributed by atoms with Gasteiger partial charge >= 0.3 is 0 Å². The van der Waals surface area contributed by atoms with E-state index in [1.165, 1.54) is 69.9 Å². The monoisotopic (exact) mass is 1270 g/mol. The zero-order valence-electron chi connectivity index (χ0n) is 55.8. The number of thiophene rings is 1. The molecule has 0 amide bonds. The van der Waals surface area contributed by atoms with Gasteiger partial charge in [-0.25, -0.2) is 0 Å². The van der Waals surface area contributed by atoms with E-state index in [1.807, 2.05) is 11.3 Å². The first-order valence-corrected chi connectivity index (χ1v) is 35.0. The summed E-state index contributed by atoms with van der Waals surface area (Å²) in [5, 5.41) is 4.81. The maximum Gasteiger partial charge on any atom is 0.252 e. The van der Waals surface area contributed by atoms with E-state index in [2.05, 4.69) is 359 Å². The molecule has 13 aromatic carbocycles. The van der Waals surface area contributed by atoms with Crippen molar-refractivity contribution in [1.29, 1.82) is 0 Å². The number of nitrogens with zero attached hydrogens (tertiary/aromatic N) is 4. The Morgan fingerprint density at radius 1 is 0.381 bits per heavy atom. The Hall–Kier alpha value is -10.9. The molecule has 0 atom stereocenters. The van der Waals surface area contributed by atoms with Crippen molar-refractivity contribution in [3.8, 4) is 22.3 Å². The summed E-state index contributed by atoms with van der Waals surface area (Å²) < 4.78 is 9.66. The number of benzene rings is 13. The van der Waals surface area contributed by atoms with Crippen molar-refractivity contribution in [3.63, 3.8) is 0 Å². The van der Waals surface area contributed by atoms with Crippen molar-refractivity contribution < 1.29 is 4.42 Å². The maximum atomic E-state index is 7.11. The van der Waals surface area contributed by atoms with Crippen molar-refractivity contribution in [2.45, 2.75) is 77.6 Å². The van der Waals surface area contributed by atoms with Crippen LogP contribution in [-0.4, -0.2) is 6.71 Å². The van der Waals surface area contributed by atoms with Crippen LogP contribution in [0.1, 0.15) is 78.0 Å². The molecule has 18 rings (SSSR count). The van der Waals surface area contributed by atoms with E-state index in [1.54, 1.807) is 0 Å². The number of para-hydroxylation sites is 4. The molecule has 0 unspecified atom stereocenters. The molecule has 2 aromatic heterocycles. The average molecular weight is 1270 g/mol. The second-order valence-electron chi connectivity index (χ2n) is 29.1. The van der Waals surface area contributed by atoms with Crippen LogP contribution in [0.5, 0.6) is 0 Å². The predicted molar refractivity (Wildman–Crippen MR) is 415 cm³/mol. The van der Waals surface area contributed by atoms with Crippen molar-refractivity contribution in [2.24, 2.45) is 0 Å². The van der Waals surface area contributed by atoms with E-state index >= 15 is 0 Å². The van der Waals surface area contributed by atoms with Crippen LogP contribution in [0, 0.1) is 0 Å². The standard InChI is InChI=1S/C90H73BN4OS/c1-88(2,3)61-41-47-74(70(55-61)58-26-13-8-14-27-58)94-76-56-66(92(62-28-15-9-16-29-62)63-30-17-10-18-31-63)42-45-72(76)91-73-46-43-67(93(64-32-19-11-20-33-64)65-34-21-12-22-35-65)57-77(73)95(75-38-25-37-71-86(75)90(6,7)51-50-89(71,4)5)79-53-60(52-78(94)87(79)91)59-40-44-68-81(54-59)96-80-48-49-83-85(84(68)80)69-36-23-24-39-82(69)97-83/h8-49,52-57H,50-51H2,1-7H3. The van der Waals surface area contributed by atoms with Crippen LogP contribution in [0.15, 0.2) is 296 Å². The van der Waals surface area contributed by atoms with E-state index in [0.29, 0.717) is 0 Å². The van der Waals surface area contributed by atoms with Gasteiger partial charge in [0.1, 0.15) is 11.2 Å². The molecule has 0 fully saturated rings. The lowest BCUT2D eigenvalue weighted by Crippen LogP contribution is -2.61. The summed E-state index contributed by atoms with van der Waals surface area (Å²) in [7, 11) is 0. The molecule has 4 heterocycles. The molecule has 1 aliphatic carbocycles. The summed E-state index contributed by atoms with van der Waals surface area (Å²) in [4.78, 5) is 10.2. The Morgan fingerprint density at radius 3 is 1.52 bits per heavy atom. The van der Waals surface area contributed by atoms with Crippen LogP contribution >= 0.6 is 11.3 Å². The average Bonchev–Trinajstić information content (AvgIpc) is 1.23. The Kier molecular flexibility index (Phi) is 13.5. The highest BCUT2D eigenvalue weighted by Gasteiger charge is 2.47. The number of furan rings is 1. The highest BCUT2D eigenvalue weighted by Crippen LogP contribution is 2.56. The first-order chi connectivity index (χ1) is 47.2. The molecule has 15 aromatic rings. The molecular weight excluding hydrogens is 1200 g/mol. The third kappa shape index (κ3) is 9.56. The summed E-state index contributed by atoms with van der Waals surface area (Å²) in [5.74, 6) is 0. The first-order valence-electron chi connectivity index (χ1n) is 34.2. The fourth-order valence-corrected chi connectivity index (χ4v) is 17.4. The Morgan fingerprint density at radius 2 is 0.928 bits per heavy atom. The predicted octanol–water partition coefficient (Wildman–Crippen LogP) is 24.0. The third-order valence-corrected chi connectivity index (χ3v) is 22.3. The van der Waals surface area contributed by atoms with Crippen LogP contribution < -0.4 is 36.0 Å². The minimum absolute atomic E-state index is 0.0562. The van der Waals surface area contributed by atoms with Crippen LogP contribution in [0.2, 0.25) is 0 Å². The van der Waals surface area contributed by atoms with E-state index in [4.69, 9.17) is 4.42 Å². The molecule has 468 valence electrons. The molecule has 5 nitrogen and oxygen atoms in total. The summed E-state index contributed by atoms with van der Waals surface area (Å²) in [6.45, 7) is 16.7. The number of fused-ring (bicyclic) bond motifs is 12. The molecule has 0 saturated carbocycles. The van der Waals surface area contributed by atoms with Gasteiger partial charge in [0, 0.05) is 93.4 Å². The van der Waals surface area contributed by atoms with Gasteiger partial charge in [-0.2, -0.15) is 0 Å². The third-order valence-electron chi connectivity index (χ3n) is 21.2. The highest BCUT2D eigenvalue weighted by molar-refractivity contribution is 7.26. The van der Waals surface area contributed by atoms with E-state index in [0.717, 1.165) is 109 Å². The van der Waals surface area contributed by atoms with Gasteiger partial charge in [0.15, 0.2) is 0 Å². The van der Waals surface area contributed by atoms with Gasteiger partial charge in [-0.15, -0.1) is 11.3 Å². The summed E-state index contributed by atoms with van der Waals surface area (Å²) >= 11 is 1.85. The van der Waals surface area contributed by atoms with Crippen molar-refractivity contribution in [3.05, 3.63) is 308 Å². The van der Waals surface area contributed by atoms with Crippen LogP contribution in [0.4, 0.5) is 68.2 Å². The Bertz CT molecular complexity index is 5520. The molecule has 2 aliphatic heterocycles. The van der Waals surface area contributed by atoms with Crippen LogP contribution in [-0.2, 0) is 16.2 Å². The molecule has 0 spiro atoms. The summed E-state index contributed by atoms with van der Waals surface area (Å²) in [5.41, 5.74) is 27.1. The van der Waals surface area contributed by atoms with Gasteiger partial charge < -0.3 is 24.0 Å². The number of hydrogen-bond donors (Lipinski definition) is 0. The highest BCUT2D eigenvalue weighted by atomic mass is 32.1. The molecule has 7 heteroatoms. The van der Waals surface area contributed by atoms with Gasteiger partial charge in [-0.05, 0) is 212 Å². The second kappa shape index (κ2) is 22.4. The quantitative estimate of drug-likeness (QED) is 0.127. The lowest BCUT2D eigenvalue weighted by molar-refractivity contribution is 0.332. The summed E-state index contributed by atoms with van der Waals surface area (Å²) in [6.07, 6.45) is 2.16. The lowest BCUT2D eigenvalue weighted by Gasteiger charge is -2.48. The van der Waals surface area contributed by atoms with Crippen molar-refractivity contribution in [1.82, 2.24) is 0 Å². The molecular formula is C90H73BN4OS. The minimum atomic E-state index is -0.206. The summed E-state index contributed by atoms with van der Waals surface area (Å²) in [6, 6.07) is 109. The van der Waals surface area contributed by atoms with E-state index in [9.17, 15) is 0 Å². The van der Waals surface area contributed by atoms with Gasteiger partial charge in [0.25, 0.3) is 6.71 Å². The van der Waals surface area contributed by atoms with Gasteiger partial charge in [0.2, 0.25) is 0 Å². The molecule has 0 N–H and O–H groups in total. The molecule has 0 radical (unpaired) electrons. The zero-order chi connectivity index (χ0) is 65.5. The molecule has 97 heavy (non-hydrogen) atoms. The van der Waals surface area contributed by atoms with E-state index in [-0.39, 0.29) is 23.0 Å². The zero-order valence-corrected chi connectivity index (χ0v) is 56.6. The Labute approximate surface area is 572 Å². The van der Waals surface area contributed by atoms with Gasteiger partial charge in [0.05, 0.1) is 11.4 Å². The topological polar surface area (TPSA) is 26.1 Å². The fraction of sp³-hybridized carbons (Fsp3) is 0.133. The van der Waals surface area contributed by atoms with Crippen LogP contribution in [0.3, 0.4) is 0 Å². The minimum Gasteiger partial charge on any atom is -0.456 e. The Balaban J connectivity index is 0.982. The number of rotatable bonds is 10. The van der Waals surface area contributed by atoms with Crippen molar-refractivity contribution >= 4 is 145 Å². The smallest absolute Gasteiger partial charge is 0.252 e. The fourth-order valence-electron chi connectivity index (χ4n) is 16.3. The van der Waals surface area contributed by atoms with Gasteiger partial charge in [-0.3, -0.25) is 0 Å². The second-order valence-corrected chi connectivity index (χ2v) is 30.2. The maximum absolute atomic E-state index is 7.11. The largest absolute Gasteiger partial charge is 0.456 e. The molecule has 0 bridgehead atoms.